The number of aliphatic hydroxyl groups is 1. The van der Waals surface area contributed by atoms with Gasteiger partial charge in [0.05, 0.1) is 18.5 Å². The second kappa shape index (κ2) is 4.96. The van der Waals surface area contributed by atoms with E-state index in [4.69, 9.17) is 5.11 Å². The van der Waals surface area contributed by atoms with Gasteiger partial charge in [-0.1, -0.05) is 0 Å². The number of thiophene rings is 1. The minimum atomic E-state index is -0.586. The van der Waals surface area contributed by atoms with E-state index in [0.29, 0.717) is 5.69 Å². The van der Waals surface area contributed by atoms with Crippen LogP contribution in [0.5, 0.6) is 0 Å². The van der Waals surface area contributed by atoms with Crippen molar-refractivity contribution in [3.05, 3.63) is 40.7 Å². The van der Waals surface area contributed by atoms with Gasteiger partial charge in [0.2, 0.25) is 0 Å². The molecule has 16 heavy (non-hydrogen) atoms. The topological polar surface area (TPSA) is 46.0 Å². The second-order valence-electron chi connectivity index (χ2n) is 3.04. The Labute approximate surface area is 95.9 Å². The fourth-order valence-electron chi connectivity index (χ4n) is 1.27. The Morgan fingerprint density at radius 1 is 1.50 bits per heavy atom. The van der Waals surface area contributed by atoms with Crippen molar-refractivity contribution in [2.75, 3.05) is 6.61 Å². The highest BCUT2D eigenvalue weighted by atomic mass is 32.1. The highest BCUT2D eigenvalue weighted by Gasteiger charge is 2.07. The molecule has 0 aliphatic heterocycles. The number of halogens is 1. The molecular formula is C11H9FN2OS. The van der Waals surface area contributed by atoms with Crippen molar-refractivity contribution >= 4 is 17.4 Å². The summed E-state index contributed by atoms with van der Waals surface area (Å²) in [6.45, 7) is -0.586. The first-order valence-electron chi connectivity index (χ1n) is 4.62. The van der Waals surface area contributed by atoms with Crippen molar-refractivity contribution in [3.8, 4) is 11.3 Å². The normalized spacial score (nSPS) is 11.8. The summed E-state index contributed by atoms with van der Waals surface area (Å²) in [5.41, 5.74) is 1.52. The standard InChI is InChI=1S/C11H9FN2OS/c12-8(7-15)5-11-9(1-4-16-11)10-6-13-2-3-14-10/h1-6,15H,7H2. The van der Waals surface area contributed by atoms with Crippen LogP contribution in [0.3, 0.4) is 0 Å². The zero-order valence-corrected chi connectivity index (χ0v) is 9.12. The smallest absolute Gasteiger partial charge is 0.127 e. The molecule has 0 aliphatic carbocycles. The predicted octanol–water partition coefficient (Wildman–Crippen LogP) is 2.51. The van der Waals surface area contributed by atoms with Crippen LogP contribution >= 0.6 is 11.3 Å². The summed E-state index contributed by atoms with van der Waals surface area (Å²) in [5, 5.41) is 10.5. The van der Waals surface area contributed by atoms with Crippen molar-refractivity contribution in [2.45, 2.75) is 0 Å². The predicted molar refractivity (Wildman–Crippen MR) is 61.5 cm³/mol. The molecule has 0 atom stereocenters. The first kappa shape index (κ1) is 10.9. The van der Waals surface area contributed by atoms with Gasteiger partial charge in [-0.25, -0.2) is 4.39 Å². The fraction of sp³-hybridized carbons (Fsp3) is 0.0909. The lowest BCUT2D eigenvalue weighted by Gasteiger charge is -1.98. The summed E-state index contributed by atoms with van der Waals surface area (Å²) in [7, 11) is 0. The zero-order chi connectivity index (χ0) is 11.4. The molecular weight excluding hydrogens is 227 g/mol. The van der Waals surface area contributed by atoms with Crippen LogP contribution in [0, 0.1) is 0 Å². The lowest BCUT2D eigenvalue weighted by Crippen LogP contribution is -1.85. The van der Waals surface area contributed by atoms with Crippen LogP contribution in [0.2, 0.25) is 0 Å². The molecule has 82 valence electrons. The number of aromatic nitrogens is 2. The molecule has 0 saturated heterocycles. The zero-order valence-electron chi connectivity index (χ0n) is 8.30. The van der Waals surface area contributed by atoms with E-state index in [0.717, 1.165) is 10.4 Å². The van der Waals surface area contributed by atoms with Crippen molar-refractivity contribution < 1.29 is 9.50 Å². The van der Waals surface area contributed by atoms with Gasteiger partial charge in [0.1, 0.15) is 5.83 Å². The molecule has 2 rings (SSSR count). The van der Waals surface area contributed by atoms with Crippen LogP contribution in [-0.2, 0) is 0 Å². The number of aliphatic hydroxyl groups excluding tert-OH is 1. The van der Waals surface area contributed by atoms with Gasteiger partial charge in [0, 0.05) is 22.8 Å². The lowest BCUT2D eigenvalue weighted by atomic mass is 10.2. The molecule has 0 amide bonds. The fourth-order valence-corrected chi connectivity index (χ4v) is 2.12. The van der Waals surface area contributed by atoms with Gasteiger partial charge in [0.25, 0.3) is 0 Å². The monoisotopic (exact) mass is 236 g/mol. The van der Waals surface area contributed by atoms with Crippen LogP contribution < -0.4 is 0 Å². The van der Waals surface area contributed by atoms with E-state index in [-0.39, 0.29) is 0 Å². The maximum Gasteiger partial charge on any atom is 0.127 e. The third kappa shape index (κ3) is 2.32. The van der Waals surface area contributed by atoms with Gasteiger partial charge in [-0.2, -0.15) is 0 Å². The molecule has 1 N–H and O–H groups in total. The Morgan fingerprint density at radius 2 is 2.38 bits per heavy atom. The molecule has 0 saturated carbocycles. The third-order valence-electron chi connectivity index (χ3n) is 1.97. The van der Waals surface area contributed by atoms with E-state index in [1.807, 2.05) is 11.4 Å². The van der Waals surface area contributed by atoms with Crippen LogP contribution in [0.15, 0.2) is 35.9 Å². The minimum absolute atomic E-state index is 0.562. The van der Waals surface area contributed by atoms with E-state index in [1.54, 1.807) is 18.6 Å². The molecule has 2 aromatic heterocycles. The van der Waals surface area contributed by atoms with Crippen molar-refractivity contribution in [1.82, 2.24) is 9.97 Å². The SMILES string of the molecule is OCC(F)=Cc1sccc1-c1cnccn1. The van der Waals surface area contributed by atoms with Gasteiger partial charge in [0.15, 0.2) is 0 Å². The summed E-state index contributed by atoms with van der Waals surface area (Å²) in [6, 6.07) is 1.85. The average molecular weight is 236 g/mol. The number of nitrogens with zero attached hydrogens (tertiary/aromatic N) is 2. The maximum absolute atomic E-state index is 13.0. The Morgan fingerprint density at radius 3 is 3.06 bits per heavy atom. The van der Waals surface area contributed by atoms with Crippen LogP contribution in [0.4, 0.5) is 4.39 Å². The number of hydrogen-bond donors (Lipinski definition) is 1. The quantitative estimate of drug-likeness (QED) is 0.890. The number of hydrogen-bond acceptors (Lipinski definition) is 4. The molecule has 2 aromatic rings. The summed E-state index contributed by atoms with van der Waals surface area (Å²) < 4.78 is 13.0. The Balaban J connectivity index is 2.41. The molecule has 0 aliphatic rings. The van der Waals surface area contributed by atoms with Gasteiger partial charge in [-0.3, -0.25) is 9.97 Å². The van der Waals surface area contributed by atoms with Gasteiger partial charge >= 0.3 is 0 Å². The summed E-state index contributed by atoms with van der Waals surface area (Å²) in [4.78, 5) is 8.83. The van der Waals surface area contributed by atoms with Gasteiger partial charge in [-0.05, 0) is 17.5 Å². The van der Waals surface area contributed by atoms with E-state index < -0.39 is 12.4 Å². The van der Waals surface area contributed by atoms with E-state index in [9.17, 15) is 4.39 Å². The first-order chi connectivity index (χ1) is 7.81. The summed E-state index contributed by atoms with van der Waals surface area (Å²) in [5.74, 6) is -0.562. The molecule has 0 spiro atoms. The van der Waals surface area contributed by atoms with E-state index >= 15 is 0 Å². The van der Waals surface area contributed by atoms with E-state index in [2.05, 4.69) is 9.97 Å². The van der Waals surface area contributed by atoms with Crippen LogP contribution in [-0.4, -0.2) is 21.7 Å². The Kier molecular flexibility index (Phi) is 3.38. The highest BCUT2D eigenvalue weighted by Crippen LogP contribution is 2.28. The third-order valence-corrected chi connectivity index (χ3v) is 2.84. The largest absolute Gasteiger partial charge is 0.389 e. The molecule has 0 unspecified atom stereocenters. The molecule has 5 heteroatoms. The molecule has 0 radical (unpaired) electrons. The maximum atomic E-state index is 13.0. The van der Waals surface area contributed by atoms with Crippen molar-refractivity contribution in [1.29, 1.82) is 0 Å². The molecule has 3 nitrogen and oxygen atoms in total. The van der Waals surface area contributed by atoms with Gasteiger partial charge < -0.3 is 5.11 Å². The van der Waals surface area contributed by atoms with Gasteiger partial charge in [-0.15, -0.1) is 11.3 Å². The molecule has 0 bridgehead atoms. The molecule has 0 fully saturated rings. The average Bonchev–Trinajstić information content (AvgIpc) is 2.78. The second-order valence-corrected chi connectivity index (χ2v) is 3.99. The first-order valence-corrected chi connectivity index (χ1v) is 5.50. The minimum Gasteiger partial charge on any atom is -0.389 e. The Hall–Kier alpha value is -1.59. The van der Waals surface area contributed by atoms with Crippen LogP contribution in [0.1, 0.15) is 4.88 Å². The van der Waals surface area contributed by atoms with E-state index in [1.165, 1.54) is 17.4 Å². The summed E-state index contributed by atoms with van der Waals surface area (Å²) >= 11 is 1.39. The van der Waals surface area contributed by atoms with Crippen molar-refractivity contribution in [3.63, 3.8) is 0 Å². The van der Waals surface area contributed by atoms with Crippen molar-refractivity contribution in [2.24, 2.45) is 0 Å². The highest BCUT2D eigenvalue weighted by molar-refractivity contribution is 7.11. The molecule has 2 heterocycles. The number of rotatable bonds is 3. The summed E-state index contributed by atoms with van der Waals surface area (Å²) in [6.07, 6.45) is 6.10. The van der Waals surface area contributed by atoms with Crippen LogP contribution in [0.25, 0.3) is 17.3 Å². The molecule has 0 aromatic carbocycles. The lowest BCUT2D eigenvalue weighted by molar-refractivity contribution is 0.300. The Bertz CT molecular complexity index is 496.